The molecule has 4 rings (SSSR count). The average Bonchev–Trinajstić information content (AvgIpc) is 3.13. The maximum Gasteiger partial charge on any atom is 0.274 e. The number of piperidine rings is 1. The number of nitrogens with one attached hydrogen (secondary N) is 1. The second kappa shape index (κ2) is 10.7. The minimum Gasteiger partial charge on any atom is -0.318 e. The van der Waals surface area contributed by atoms with Crippen LogP contribution in [0.2, 0.25) is 0 Å². The van der Waals surface area contributed by atoms with E-state index in [-0.39, 0.29) is 41.8 Å². The van der Waals surface area contributed by atoms with Gasteiger partial charge in [-0.1, -0.05) is 18.2 Å². The van der Waals surface area contributed by atoms with Crippen molar-refractivity contribution in [1.29, 1.82) is 0 Å². The minimum atomic E-state index is -3.90. The molecular weight excluding hydrogens is 522 g/mol. The van der Waals surface area contributed by atoms with Crippen molar-refractivity contribution in [1.82, 2.24) is 14.5 Å². The van der Waals surface area contributed by atoms with Crippen LogP contribution >= 0.6 is 11.8 Å². The first kappa shape index (κ1) is 27.0. The third kappa shape index (κ3) is 5.32. The lowest BCUT2D eigenvalue weighted by molar-refractivity contribution is -0.385. The van der Waals surface area contributed by atoms with E-state index in [1.165, 1.54) is 22.5 Å². The van der Waals surface area contributed by atoms with Crippen molar-refractivity contribution in [2.45, 2.75) is 42.4 Å². The van der Waals surface area contributed by atoms with Crippen molar-refractivity contribution in [2.75, 3.05) is 25.1 Å². The fraction of sp³-hybridized carbons (Fsp3) is 0.435. The molecule has 198 valence electrons. The lowest BCUT2D eigenvalue weighted by atomic mass is 9.96. The summed E-state index contributed by atoms with van der Waals surface area (Å²) in [6.07, 6.45) is 3.12. The number of benzene rings is 2. The van der Waals surface area contributed by atoms with E-state index in [1.54, 1.807) is 34.9 Å². The van der Waals surface area contributed by atoms with Crippen LogP contribution in [-0.2, 0) is 21.4 Å². The summed E-state index contributed by atoms with van der Waals surface area (Å²) >= 11 is 1.61. The van der Waals surface area contributed by atoms with Crippen LogP contribution in [0.15, 0.2) is 53.4 Å². The molecule has 2 aromatic rings. The molecule has 0 bridgehead atoms. The van der Waals surface area contributed by atoms with Gasteiger partial charge in [-0.25, -0.2) is 8.42 Å². The molecule has 2 aliphatic rings. The molecule has 1 spiro atoms. The number of nitro groups is 2. The maximum atomic E-state index is 13.5. The van der Waals surface area contributed by atoms with Gasteiger partial charge in [-0.05, 0) is 43.4 Å². The lowest BCUT2D eigenvalue weighted by Crippen LogP contribution is -2.59. The number of carbonyl (C=O) groups excluding carboxylic acids is 1. The number of carbonyl (C=O) groups is 1. The minimum absolute atomic E-state index is 0.0356. The van der Waals surface area contributed by atoms with Gasteiger partial charge in [0.2, 0.25) is 15.9 Å². The summed E-state index contributed by atoms with van der Waals surface area (Å²) in [5, 5.41) is 25.9. The Labute approximate surface area is 218 Å². The smallest absolute Gasteiger partial charge is 0.274 e. The maximum absolute atomic E-state index is 13.5. The van der Waals surface area contributed by atoms with Crippen molar-refractivity contribution in [3.05, 3.63) is 74.3 Å². The SMILES string of the molecule is CSCCC1NC2(CCN(S(=O)(=O)c3ccc([N+](=O)[O-])cc3)CC2)N(Cc2ccccc2[N+](=O)[O-])C1=O. The van der Waals surface area contributed by atoms with Crippen LogP contribution in [0.1, 0.15) is 24.8 Å². The second-order valence-electron chi connectivity index (χ2n) is 8.98. The van der Waals surface area contributed by atoms with Gasteiger partial charge in [-0.15, -0.1) is 0 Å². The Bertz CT molecular complexity index is 1290. The van der Waals surface area contributed by atoms with Gasteiger partial charge in [-0.3, -0.25) is 30.3 Å². The van der Waals surface area contributed by atoms with Crippen LogP contribution in [0.5, 0.6) is 0 Å². The van der Waals surface area contributed by atoms with Crippen LogP contribution in [0.25, 0.3) is 0 Å². The Kier molecular flexibility index (Phi) is 7.83. The standard InChI is InChI=1S/C23H27N5O7S2/c1-36-15-10-20-22(29)26(16-17-4-2-3-5-21(17)28(32)33)23(24-20)11-13-25(14-12-23)37(34,35)19-8-6-18(7-9-19)27(30)31/h2-9,20,24H,10-16H2,1H3. The molecule has 0 aromatic heterocycles. The third-order valence-electron chi connectivity index (χ3n) is 6.89. The summed E-state index contributed by atoms with van der Waals surface area (Å²) < 4.78 is 27.7. The number of sulfonamides is 1. The highest BCUT2D eigenvalue weighted by atomic mass is 32.2. The van der Waals surface area contributed by atoms with Crippen LogP contribution in [0.4, 0.5) is 11.4 Å². The van der Waals surface area contributed by atoms with E-state index in [0.717, 1.165) is 17.9 Å². The Morgan fingerprint density at radius 3 is 2.30 bits per heavy atom. The predicted octanol–water partition coefficient (Wildman–Crippen LogP) is 2.74. The van der Waals surface area contributed by atoms with Crippen LogP contribution < -0.4 is 5.32 Å². The first-order valence-corrected chi connectivity index (χ1v) is 14.5. The number of non-ortho nitro benzene ring substituents is 1. The molecule has 0 saturated carbocycles. The number of nitro benzene ring substituents is 2. The van der Waals surface area contributed by atoms with E-state index in [0.29, 0.717) is 24.8 Å². The van der Waals surface area contributed by atoms with Crippen molar-refractivity contribution in [2.24, 2.45) is 0 Å². The Morgan fingerprint density at radius 2 is 1.70 bits per heavy atom. The summed E-state index contributed by atoms with van der Waals surface area (Å²) in [5.41, 5.74) is -0.706. The first-order valence-electron chi connectivity index (χ1n) is 11.6. The Hall–Kier alpha value is -3.07. The molecule has 1 N–H and O–H groups in total. The van der Waals surface area contributed by atoms with E-state index in [4.69, 9.17) is 0 Å². The molecule has 2 heterocycles. The van der Waals surface area contributed by atoms with Crippen molar-refractivity contribution >= 4 is 39.1 Å². The Balaban J connectivity index is 1.58. The number of rotatable bonds is 9. The number of hydrogen-bond donors (Lipinski definition) is 1. The normalized spacial score (nSPS) is 19.9. The summed E-state index contributed by atoms with van der Waals surface area (Å²) in [5.74, 6) is 0.596. The lowest BCUT2D eigenvalue weighted by Gasteiger charge is -2.44. The van der Waals surface area contributed by atoms with Crippen LogP contribution in [0.3, 0.4) is 0 Å². The van der Waals surface area contributed by atoms with E-state index in [1.807, 2.05) is 6.26 Å². The molecule has 2 aliphatic heterocycles. The van der Waals surface area contributed by atoms with E-state index >= 15 is 0 Å². The van der Waals surface area contributed by atoms with Gasteiger partial charge in [0.15, 0.2) is 0 Å². The molecule has 12 nitrogen and oxygen atoms in total. The van der Waals surface area contributed by atoms with E-state index < -0.39 is 31.6 Å². The van der Waals surface area contributed by atoms with Crippen LogP contribution in [-0.4, -0.2) is 70.2 Å². The molecule has 1 unspecified atom stereocenters. The van der Waals surface area contributed by atoms with Crippen LogP contribution in [0, 0.1) is 20.2 Å². The summed E-state index contributed by atoms with van der Waals surface area (Å²) in [6, 6.07) is 10.6. The van der Waals surface area contributed by atoms with Crippen molar-refractivity contribution < 1.29 is 23.1 Å². The molecule has 0 radical (unpaired) electrons. The molecule has 0 aliphatic carbocycles. The first-order chi connectivity index (χ1) is 17.6. The molecule has 1 amide bonds. The molecule has 2 aromatic carbocycles. The summed E-state index contributed by atoms with van der Waals surface area (Å²) in [6.45, 7) is 0.262. The second-order valence-corrected chi connectivity index (χ2v) is 11.9. The highest BCUT2D eigenvalue weighted by Crippen LogP contribution is 2.37. The third-order valence-corrected chi connectivity index (χ3v) is 9.44. The predicted molar refractivity (Wildman–Crippen MR) is 137 cm³/mol. The summed E-state index contributed by atoms with van der Waals surface area (Å²) in [4.78, 5) is 36.5. The van der Waals surface area contributed by atoms with Gasteiger partial charge < -0.3 is 4.90 Å². The molecule has 1 atom stereocenters. The fourth-order valence-corrected chi connectivity index (χ4v) is 6.83. The average molecular weight is 550 g/mol. The van der Waals surface area contributed by atoms with Gasteiger partial charge in [0.1, 0.15) is 0 Å². The largest absolute Gasteiger partial charge is 0.318 e. The Morgan fingerprint density at radius 1 is 1.05 bits per heavy atom. The van der Waals surface area contributed by atoms with Crippen molar-refractivity contribution in [3.8, 4) is 0 Å². The number of nitrogens with zero attached hydrogens (tertiary/aromatic N) is 4. The highest BCUT2D eigenvalue weighted by molar-refractivity contribution is 7.98. The molecule has 37 heavy (non-hydrogen) atoms. The molecule has 2 saturated heterocycles. The molecular formula is C23H27N5O7S2. The fourth-order valence-electron chi connectivity index (χ4n) is 4.92. The quantitative estimate of drug-likeness (QED) is 0.367. The number of thioether (sulfide) groups is 1. The number of para-hydroxylation sites is 1. The number of hydrogen-bond acceptors (Lipinski definition) is 9. The molecule has 14 heteroatoms. The number of amides is 1. The van der Waals surface area contributed by atoms with E-state index in [2.05, 4.69) is 5.32 Å². The van der Waals surface area contributed by atoms with Gasteiger partial charge in [0.05, 0.1) is 33.0 Å². The van der Waals surface area contributed by atoms with Gasteiger partial charge >= 0.3 is 0 Å². The van der Waals surface area contributed by atoms with Gasteiger partial charge in [-0.2, -0.15) is 16.1 Å². The summed E-state index contributed by atoms with van der Waals surface area (Å²) in [7, 11) is -3.90. The zero-order valence-electron chi connectivity index (χ0n) is 20.1. The zero-order chi connectivity index (χ0) is 26.8. The van der Waals surface area contributed by atoms with Crippen molar-refractivity contribution in [3.63, 3.8) is 0 Å². The highest BCUT2D eigenvalue weighted by Gasteiger charge is 2.52. The topological polar surface area (TPSA) is 156 Å². The van der Waals surface area contributed by atoms with E-state index in [9.17, 15) is 33.4 Å². The monoisotopic (exact) mass is 549 g/mol. The zero-order valence-corrected chi connectivity index (χ0v) is 21.7. The molecule has 2 fully saturated rings. The van der Waals surface area contributed by atoms with Gasteiger partial charge in [0.25, 0.3) is 11.4 Å². The van der Waals surface area contributed by atoms with Gasteiger partial charge in [0, 0.05) is 36.9 Å².